The monoisotopic (exact) mass is 169 g/mol. The maximum atomic E-state index is 11.2. The summed E-state index contributed by atoms with van der Waals surface area (Å²) in [5.41, 5.74) is -0.339. The van der Waals surface area contributed by atoms with Gasteiger partial charge in [-0.1, -0.05) is 20.8 Å². The summed E-state index contributed by atoms with van der Waals surface area (Å²) in [5.74, 6) is -0.417. The molecular weight excluding hydrogens is 154 g/mol. The molecule has 3 nitrogen and oxygen atoms in total. The molecule has 0 fully saturated rings. The van der Waals surface area contributed by atoms with Gasteiger partial charge in [-0.15, -0.1) is 0 Å². The van der Waals surface area contributed by atoms with Crippen molar-refractivity contribution >= 4 is 5.97 Å². The second-order valence-corrected chi connectivity index (χ2v) is 3.65. The van der Waals surface area contributed by atoms with Gasteiger partial charge in [-0.3, -0.25) is 0 Å². The summed E-state index contributed by atoms with van der Waals surface area (Å²) in [6.45, 7) is 14.5. The maximum Gasteiger partial charge on any atom is 0.390 e. The summed E-state index contributed by atoms with van der Waals surface area (Å²) in [7, 11) is 0. The topological polar surface area (TPSA) is 30.7 Å². The lowest BCUT2D eigenvalue weighted by Gasteiger charge is -2.18. The molecule has 68 valence electrons. The molecule has 0 saturated carbocycles. The van der Waals surface area contributed by atoms with Crippen LogP contribution in [0.4, 0.5) is 0 Å². The fraction of sp³-hybridized carbons (Fsp3) is 0.778. The standard InChI is InChI=1S/C9H15NO2/c1-6-12-8(11)7(10-5)9(2,3)4/h7H,6H2,1-4H3. The Kier molecular flexibility index (Phi) is 3.75. The van der Waals surface area contributed by atoms with Crippen LogP contribution in [-0.2, 0) is 9.53 Å². The summed E-state index contributed by atoms with van der Waals surface area (Å²) in [5, 5.41) is 0. The summed E-state index contributed by atoms with van der Waals surface area (Å²) < 4.78 is 4.77. The van der Waals surface area contributed by atoms with Crippen LogP contribution in [0.25, 0.3) is 4.85 Å². The van der Waals surface area contributed by atoms with Crippen molar-refractivity contribution in [3.63, 3.8) is 0 Å². The zero-order valence-corrected chi connectivity index (χ0v) is 8.05. The van der Waals surface area contributed by atoms with Gasteiger partial charge >= 0.3 is 12.0 Å². The third-order valence-electron chi connectivity index (χ3n) is 1.46. The zero-order valence-electron chi connectivity index (χ0n) is 8.05. The Labute approximate surface area is 73.5 Å². The highest BCUT2D eigenvalue weighted by atomic mass is 16.5. The van der Waals surface area contributed by atoms with E-state index in [4.69, 9.17) is 11.3 Å². The smallest absolute Gasteiger partial charge is 0.390 e. The lowest BCUT2D eigenvalue weighted by Crippen LogP contribution is -2.33. The number of carbonyl (C=O) groups excluding carboxylic acids is 1. The van der Waals surface area contributed by atoms with Gasteiger partial charge in [0.15, 0.2) is 0 Å². The van der Waals surface area contributed by atoms with Gasteiger partial charge in [0.1, 0.15) is 0 Å². The molecule has 0 amide bonds. The molecule has 0 spiro atoms. The number of esters is 1. The summed E-state index contributed by atoms with van der Waals surface area (Å²) in [6.07, 6.45) is 0. The molecule has 0 aliphatic carbocycles. The van der Waals surface area contributed by atoms with Gasteiger partial charge in [0, 0.05) is 5.41 Å². The lowest BCUT2D eigenvalue weighted by molar-refractivity contribution is -0.145. The quantitative estimate of drug-likeness (QED) is 0.467. The summed E-state index contributed by atoms with van der Waals surface area (Å²) in [4.78, 5) is 14.4. The largest absolute Gasteiger partial charge is 0.460 e. The molecule has 0 heterocycles. The van der Waals surface area contributed by atoms with Gasteiger partial charge < -0.3 is 9.58 Å². The van der Waals surface area contributed by atoms with Gasteiger partial charge in [0.05, 0.1) is 6.61 Å². The van der Waals surface area contributed by atoms with Gasteiger partial charge in [-0.2, -0.15) is 0 Å². The number of carbonyl (C=O) groups is 1. The minimum atomic E-state index is -0.683. The van der Waals surface area contributed by atoms with Gasteiger partial charge in [0.25, 0.3) is 0 Å². The van der Waals surface area contributed by atoms with Crippen molar-refractivity contribution in [2.24, 2.45) is 5.41 Å². The Bertz CT molecular complexity index is 198. The fourth-order valence-corrected chi connectivity index (χ4v) is 0.821. The molecule has 0 aromatic heterocycles. The third kappa shape index (κ3) is 2.91. The molecule has 0 aromatic carbocycles. The van der Waals surface area contributed by atoms with Crippen molar-refractivity contribution in [2.45, 2.75) is 33.7 Å². The zero-order chi connectivity index (χ0) is 9.78. The van der Waals surface area contributed by atoms with Crippen LogP contribution in [0.5, 0.6) is 0 Å². The number of hydrogen-bond donors (Lipinski definition) is 0. The maximum absolute atomic E-state index is 11.2. The van der Waals surface area contributed by atoms with E-state index in [-0.39, 0.29) is 5.41 Å². The van der Waals surface area contributed by atoms with E-state index in [0.29, 0.717) is 6.61 Å². The summed E-state index contributed by atoms with van der Waals surface area (Å²) >= 11 is 0. The molecule has 1 atom stereocenters. The minimum Gasteiger partial charge on any atom is -0.460 e. The van der Waals surface area contributed by atoms with Crippen LogP contribution in [0.15, 0.2) is 0 Å². The fourth-order valence-electron chi connectivity index (χ4n) is 0.821. The predicted octanol–water partition coefficient (Wildman–Crippen LogP) is 1.88. The minimum absolute atomic E-state index is 0.334. The number of ether oxygens (including phenoxy) is 1. The summed E-state index contributed by atoms with van der Waals surface area (Å²) in [6, 6.07) is -0.683. The van der Waals surface area contributed by atoms with E-state index in [1.807, 2.05) is 20.8 Å². The van der Waals surface area contributed by atoms with E-state index in [1.54, 1.807) is 6.92 Å². The number of nitrogens with zero attached hydrogens (tertiary/aromatic N) is 1. The molecule has 1 unspecified atom stereocenters. The molecule has 0 saturated heterocycles. The average molecular weight is 169 g/mol. The van der Waals surface area contributed by atoms with Crippen molar-refractivity contribution < 1.29 is 9.53 Å². The molecular formula is C9H15NO2. The van der Waals surface area contributed by atoms with Crippen molar-refractivity contribution in [3.8, 4) is 0 Å². The van der Waals surface area contributed by atoms with Gasteiger partial charge in [-0.25, -0.2) is 11.4 Å². The van der Waals surface area contributed by atoms with Crippen LogP contribution in [0.1, 0.15) is 27.7 Å². The molecule has 0 rings (SSSR count). The number of rotatable bonds is 2. The Morgan fingerprint density at radius 1 is 1.58 bits per heavy atom. The lowest BCUT2D eigenvalue weighted by atomic mass is 9.87. The average Bonchev–Trinajstić information content (AvgIpc) is 1.85. The Morgan fingerprint density at radius 3 is 2.33 bits per heavy atom. The predicted molar refractivity (Wildman–Crippen MR) is 46.5 cm³/mol. The molecule has 12 heavy (non-hydrogen) atoms. The van der Waals surface area contributed by atoms with Crippen molar-refractivity contribution in [1.82, 2.24) is 0 Å². The first-order valence-corrected chi connectivity index (χ1v) is 3.96. The van der Waals surface area contributed by atoms with Crippen LogP contribution in [0.3, 0.4) is 0 Å². The highest BCUT2D eigenvalue weighted by molar-refractivity contribution is 5.78. The first-order valence-electron chi connectivity index (χ1n) is 3.96. The molecule has 0 bridgehead atoms. The van der Waals surface area contributed by atoms with E-state index in [1.165, 1.54) is 0 Å². The van der Waals surface area contributed by atoms with Crippen LogP contribution < -0.4 is 0 Å². The van der Waals surface area contributed by atoms with Crippen LogP contribution in [0.2, 0.25) is 0 Å². The molecule has 3 heteroatoms. The van der Waals surface area contributed by atoms with Crippen LogP contribution in [-0.4, -0.2) is 18.6 Å². The molecule has 0 aliphatic heterocycles. The normalized spacial score (nSPS) is 13.2. The van der Waals surface area contributed by atoms with E-state index >= 15 is 0 Å². The Hall–Kier alpha value is -1.04. The molecule has 0 N–H and O–H groups in total. The Morgan fingerprint density at radius 2 is 2.08 bits per heavy atom. The molecule has 0 radical (unpaired) electrons. The highest BCUT2D eigenvalue weighted by Gasteiger charge is 2.38. The first kappa shape index (κ1) is 11.0. The Balaban J connectivity index is 4.39. The molecule has 0 aliphatic rings. The van der Waals surface area contributed by atoms with E-state index in [2.05, 4.69) is 4.85 Å². The van der Waals surface area contributed by atoms with Crippen LogP contribution >= 0.6 is 0 Å². The second-order valence-electron chi connectivity index (χ2n) is 3.65. The first-order chi connectivity index (χ1) is 5.43. The second kappa shape index (κ2) is 4.10. The van der Waals surface area contributed by atoms with Gasteiger partial charge in [-0.05, 0) is 6.92 Å². The SMILES string of the molecule is [C-]#[N+]C(C(=O)OCC)C(C)(C)C. The van der Waals surface area contributed by atoms with Crippen LogP contribution in [0, 0.1) is 12.0 Å². The number of hydrogen-bond acceptors (Lipinski definition) is 2. The van der Waals surface area contributed by atoms with Gasteiger partial charge in [0.2, 0.25) is 0 Å². The molecule has 0 aromatic rings. The third-order valence-corrected chi connectivity index (χ3v) is 1.46. The van der Waals surface area contributed by atoms with Crippen molar-refractivity contribution in [1.29, 1.82) is 0 Å². The van der Waals surface area contributed by atoms with Crippen molar-refractivity contribution in [2.75, 3.05) is 6.61 Å². The van der Waals surface area contributed by atoms with E-state index in [9.17, 15) is 4.79 Å². The highest BCUT2D eigenvalue weighted by Crippen LogP contribution is 2.23. The van der Waals surface area contributed by atoms with Crippen molar-refractivity contribution in [3.05, 3.63) is 11.4 Å². The van der Waals surface area contributed by atoms with E-state index in [0.717, 1.165) is 0 Å². The van der Waals surface area contributed by atoms with E-state index < -0.39 is 12.0 Å².